The Balaban J connectivity index is 2.02. The zero-order chi connectivity index (χ0) is 15.2. The van der Waals surface area contributed by atoms with E-state index in [2.05, 4.69) is 22.5 Å². The second-order valence-electron chi connectivity index (χ2n) is 5.05. The van der Waals surface area contributed by atoms with E-state index in [0.29, 0.717) is 31.5 Å². The first kappa shape index (κ1) is 15.1. The number of carbonyl (C=O) groups is 2. The Morgan fingerprint density at radius 3 is 2.95 bits per heavy atom. The van der Waals surface area contributed by atoms with Crippen LogP contribution in [-0.4, -0.2) is 30.9 Å². The second kappa shape index (κ2) is 6.91. The van der Waals surface area contributed by atoms with Crippen molar-refractivity contribution in [1.82, 2.24) is 10.6 Å². The molecule has 0 aromatic heterocycles. The number of nitrogens with two attached hydrogens (primary N) is 1. The Labute approximate surface area is 124 Å². The molecule has 21 heavy (non-hydrogen) atoms. The van der Waals surface area contributed by atoms with Crippen LogP contribution in [0.1, 0.15) is 34.3 Å². The Hall–Kier alpha value is -2.32. The predicted octanol–water partition coefficient (Wildman–Crippen LogP) is 0.314. The van der Waals surface area contributed by atoms with E-state index in [-0.39, 0.29) is 17.9 Å². The number of amides is 2. The van der Waals surface area contributed by atoms with E-state index in [4.69, 9.17) is 5.73 Å². The first-order valence-corrected chi connectivity index (χ1v) is 6.97. The van der Waals surface area contributed by atoms with Crippen molar-refractivity contribution in [3.05, 3.63) is 34.9 Å². The van der Waals surface area contributed by atoms with Crippen LogP contribution >= 0.6 is 0 Å². The summed E-state index contributed by atoms with van der Waals surface area (Å²) in [5.41, 5.74) is 7.77. The summed E-state index contributed by atoms with van der Waals surface area (Å²) < 4.78 is 0. The number of rotatable bonds is 2. The highest BCUT2D eigenvalue weighted by molar-refractivity contribution is 5.95. The number of carbonyl (C=O) groups excluding carboxylic acids is 2. The third-order valence-electron chi connectivity index (χ3n) is 3.41. The molecular weight excluding hydrogens is 266 g/mol. The number of hydrogen-bond donors (Lipinski definition) is 3. The summed E-state index contributed by atoms with van der Waals surface area (Å²) in [5, 5.41) is 5.68. The SMILES string of the molecule is Cc1cc(C(=O)NC2CCC(=O)NC2)ccc1C#CCN. The molecule has 0 aliphatic carbocycles. The van der Waals surface area contributed by atoms with Crippen LogP contribution in [0, 0.1) is 18.8 Å². The molecule has 1 aromatic rings. The van der Waals surface area contributed by atoms with Gasteiger partial charge in [-0.05, 0) is 37.1 Å². The average Bonchev–Trinajstić information content (AvgIpc) is 2.48. The van der Waals surface area contributed by atoms with E-state index in [0.717, 1.165) is 11.1 Å². The quantitative estimate of drug-likeness (QED) is 0.684. The van der Waals surface area contributed by atoms with Gasteiger partial charge in [-0.3, -0.25) is 9.59 Å². The standard InChI is InChI=1S/C16H19N3O2/c1-11-9-13(5-4-12(11)3-2-8-17)16(21)19-14-6-7-15(20)18-10-14/h4-5,9,14H,6-8,10,17H2,1H3,(H,18,20)(H,19,21). The monoisotopic (exact) mass is 285 g/mol. The minimum atomic E-state index is -0.127. The molecule has 1 aromatic carbocycles. The van der Waals surface area contributed by atoms with Gasteiger partial charge in [0.1, 0.15) is 0 Å². The van der Waals surface area contributed by atoms with Crippen LogP contribution in [-0.2, 0) is 4.79 Å². The van der Waals surface area contributed by atoms with Crippen molar-refractivity contribution in [3.8, 4) is 11.8 Å². The van der Waals surface area contributed by atoms with Crippen molar-refractivity contribution >= 4 is 11.8 Å². The Morgan fingerprint density at radius 1 is 1.52 bits per heavy atom. The molecule has 2 amide bonds. The molecule has 5 heteroatoms. The van der Waals surface area contributed by atoms with Gasteiger partial charge in [0, 0.05) is 30.1 Å². The summed E-state index contributed by atoms with van der Waals surface area (Å²) in [7, 11) is 0. The lowest BCUT2D eigenvalue weighted by Crippen LogP contribution is -2.47. The maximum Gasteiger partial charge on any atom is 0.251 e. The lowest BCUT2D eigenvalue weighted by molar-refractivity contribution is -0.122. The topological polar surface area (TPSA) is 84.2 Å². The summed E-state index contributed by atoms with van der Waals surface area (Å²) in [5.74, 6) is 5.69. The van der Waals surface area contributed by atoms with Crippen molar-refractivity contribution in [3.63, 3.8) is 0 Å². The highest BCUT2D eigenvalue weighted by Gasteiger charge is 2.20. The van der Waals surface area contributed by atoms with Crippen LogP contribution in [0.15, 0.2) is 18.2 Å². The molecule has 1 saturated heterocycles. The van der Waals surface area contributed by atoms with Crippen molar-refractivity contribution in [2.75, 3.05) is 13.1 Å². The van der Waals surface area contributed by atoms with Crippen LogP contribution in [0.3, 0.4) is 0 Å². The molecule has 1 unspecified atom stereocenters. The molecule has 1 aliphatic rings. The van der Waals surface area contributed by atoms with Crippen LogP contribution in [0.2, 0.25) is 0 Å². The van der Waals surface area contributed by atoms with Crippen LogP contribution in [0.25, 0.3) is 0 Å². The van der Waals surface area contributed by atoms with Crippen molar-refractivity contribution in [2.45, 2.75) is 25.8 Å². The van der Waals surface area contributed by atoms with E-state index < -0.39 is 0 Å². The third kappa shape index (κ3) is 4.07. The third-order valence-corrected chi connectivity index (χ3v) is 3.41. The minimum absolute atomic E-state index is 0.00721. The lowest BCUT2D eigenvalue weighted by atomic mass is 10.0. The van der Waals surface area contributed by atoms with Crippen molar-refractivity contribution in [2.24, 2.45) is 5.73 Å². The molecule has 110 valence electrons. The fraction of sp³-hybridized carbons (Fsp3) is 0.375. The van der Waals surface area contributed by atoms with Gasteiger partial charge in [-0.25, -0.2) is 0 Å². The van der Waals surface area contributed by atoms with Gasteiger partial charge < -0.3 is 16.4 Å². The molecule has 1 fully saturated rings. The van der Waals surface area contributed by atoms with Crippen LogP contribution in [0.4, 0.5) is 0 Å². The molecule has 5 nitrogen and oxygen atoms in total. The van der Waals surface area contributed by atoms with Gasteiger partial charge in [0.25, 0.3) is 5.91 Å². The fourth-order valence-electron chi connectivity index (χ4n) is 2.22. The summed E-state index contributed by atoms with van der Waals surface area (Å²) in [6.45, 7) is 2.72. The van der Waals surface area contributed by atoms with Gasteiger partial charge in [0.2, 0.25) is 5.91 Å². The first-order chi connectivity index (χ1) is 10.1. The summed E-state index contributed by atoms with van der Waals surface area (Å²) in [6.07, 6.45) is 1.13. The van der Waals surface area contributed by atoms with Crippen molar-refractivity contribution < 1.29 is 9.59 Å². The van der Waals surface area contributed by atoms with E-state index in [1.165, 1.54) is 0 Å². The highest BCUT2D eigenvalue weighted by Crippen LogP contribution is 2.11. The number of hydrogen-bond acceptors (Lipinski definition) is 3. The number of piperidine rings is 1. The Kier molecular flexibility index (Phi) is 4.96. The molecule has 1 aliphatic heterocycles. The Morgan fingerprint density at radius 2 is 2.33 bits per heavy atom. The zero-order valence-corrected chi connectivity index (χ0v) is 12.0. The molecule has 1 atom stereocenters. The number of benzene rings is 1. The Bertz CT molecular complexity index is 604. The van der Waals surface area contributed by atoms with E-state index in [1.54, 1.807) is 6.07 Å². The maximum absolute atomic E-state index is 12.2. The molecular formula is C16H19N3O2. The van der Waals surface area contributed by atoms with E-state index >= 15 is 0 Å². The van der Waals surface area contributed by atoms with Crippen LogP contribution < -0.4 is 16.4 Å². The van der Waals surface area contributed by atoms with Crippen LogP contribution in [0.5, 0.6) is 0 Å². The first-order valence-electron chi connectivity index (χ1n) is 6.97. The largest absolute Gasteiger partial charge is 0.354 e. The molecule has 0 bridgehead atoms. The van der Waals surface area contributed by atoms with E-state index in [9.17, 15) is 9.59 Å². The fourth-order valence-corrected chi connectivity index (χ4v) is 2.22. The zero-order valence-electron chi connectivity index (χ0n) is 12.0. The van der Waals surface area contributed by atoms with E-state index in [1.807, 2.05) is 19.1 Å². The summed E-state index contributed by atoms with van der Waals surface area (Å²) in [4.78, 5) is 23.3. The smallest absolute Gasteiger partial charge is 0.251 e. The van der Waals surface area contributed by atoms with Gasteiger partial charge in [0.05, 0.1) is 6.54 Å². The molecule has 0 spiro atoms. The second-order valence-corrected chi connectivity index (χ2v) is 5.05. The minimum Gasteiger partial charge on any atom is -0.354 e. The molecule has 0 saturated carbocycles. The number of aryl methyl sites for hydroxylation is 1. The summed E-state index contributed by atoms with van der Waals surface area (Å²) >= 11 is 0. The average molecular weight is 285 g/mol. The van der Waals surface area contributed by atoms with Gasteiger partial charge in [-0.1, -0.05) is 11.8 Å². The normalized spacial score (nSPS) is 17.4. The van der Waals surface area contributed by atoms with Gasteiger partial charge in [-0.15, -0.1) is 0 Å². The molecule has 4 N–H and O–H groups in total. The molecule has 2 rings (SSSR count). The molecule has 1 heterocycles. The van der Waals surface area contributed by atoms with Gasteiger partial charge in [-0.2, -0.15) is 0 Å². The highest BCUT2D eigenvalue weighted by atomic mass is 16.2. The lowest BCUT2D eigenvalue weighted by Gasteiger charge is -2.23. The maximum atomic E-state index is 12.2. The molecule has 0 radical (unpaired) electrons. The van der Waals surface area contributed by atoms with Gasteiger partial charge >= 0.3 is 0 Å². The van der Waals surface area contributed by atoms with Gasteiger partial charge in [0.15, 0.2) is 0 Å². The van der Waals surface area contributed by atoms with Crippen molar-refractivity contribution in [1.29, 1.82) is 0 Å². The predicted molar refractivity (Wildman–Crippen MR) is 80.6 cm³/mol. The summed E-state index contributed by atoms with van der Waals surface area (Å²) in [6, 6.07) is 5.39. The number of nitrogens with one attached hydrogen (secondary N) is 2.